The number of amides is 1. The minimum absolute atomic E-state index is 0.170. The van der Waals surface area contributed by atoms with Crippen molar-refractivity contribution in [3.63, 3.8) is 0 Å². The van der Waals surface area contributed by atoms with Gasteiger partial charge in [-0.2, -0.15) is 0 Å². The lowest BCUT2D eigenvalue weighted by atomic mass is 10.1. The van der Waals surface area contributed by atoms with E-state index in [4.69, 9.17) is 21.1 Å². The van der Waals surface area contributed by atoms with Crippen molar-refractivity contribution in [3.05, 3.63) is 45.3 Å². The molecule has 0 bridgehead atoms. The van der Waals surface area contributed by atoms with E-state index in [2.05, 4.69) is 5.32 Å². The molecule has 1 aromatic heterocycles. The molecule has 0 spiro atoms. The molecule has 0 radical (unpaired) electrons. The second kappa shape index (κ2) is 8.36. The molecular weight excluding hydrogens is 362 g/mol. The lowest BCUT2D eigenvalue weighted by Crippen LogP contribution is -2.21. The van der Waals surface area contributed by atoms with Crippen molar-refractivity contribution >= 4 is 39.8 Å². The maximum absolute atomic E-state index is 12.3. The highest BCUT2D eigenvalue weighted by Gasteiger charge is 2.23. The van der Waals surface area contributed by atoms with E-state index in [0.717, 1.165) is 10.4 Å². The summed E-state index contributed by atoms with van der Waals surface area (Å²) >= 11 is 7.15. The van der Waals surface area contributed by atoms with Crippen molar-refractivity contribution in [1.82, 2.24) is 0 Å². The number of hydrogen-bond acceptors (Lipinski definition) is 5. The Hall–Kier alpha value is -2.05. The number of anilines is 1. The van der Waals surface area contributed by atoms with Gasteiger partial charge in [0.05, 0.1) is 11.7 Å². The Balaban J connectivity index is 2.06. The van der Waals surface area contributed by atoms with Gasteiger partial charge in [0.2, 0.25) is 0 Å². The minimum Gasteiger partial charge on any atom is -0.484 e. The van der Waals surface area contributed by atoms with E-state index < -0.39 is 5.97 Å². The zero-order valence-electron chi connectivity index (χ0n) is 14.5. The van der Waals surface area contributed by atoms with Gasteiger partial charge in [-0.3, -0.25) is 4.79 Å². The molecule has 1 aromatic carbocycles. The molecule has 2 rings (SSSR count). The smallest absolute Gasteiger partial charge is 0.341 e. The second-order valence-corrected chi connectivity index (χ2v) is 7.39. The molecule has 1 N–H and O–H groups in total. The first kappa shape index (κ1) is 19.3. The van der Waals surface area contributed by atoms with Gasteiger partial charge in [-0.15, -0.1) is 11.3 Å². The number of carbonyl (C=O) groups excluding carboxylic acids is 2. The lowest BCUT2D eigenvalue weighted by Gasteiger charge is -2.11. The van der Waals surface area contributed by atoms with Crippen LogP contribution in [0.1, 0.15) is 34.6 Å². The van der Waals surface area contributed by atoms with Crippen molar-refractivity contribution < 1.29 is 19.1 Å². The van der Waals surface area contributed by atoms with Gasteiger partial charge in [0, 0.05) is 9.90 Å². The predicted molar refractivity (Wildman–Crippen MR) is 99.9 cm³/mol. The van der Waals surface area contributed by atoms with E-state index in [-0.39, 0.29) is 18.6 Å². The number of thiophene rings is 1. The van der Waals surface area contributed by atoms with E-state index in [0.29, 0.717) is 21.3 Å². The predicted octanol–water partition coefficient (Wildman–Crippen LogP) is 4.60. The number of ether oxygens (including phenoxy) is 2. The molecule has 1 heterocycles. The number of carbonyl (C=O) groups is 2. The number of nitrogens with one attached hydrogen (secondary N) is 1. The van der Waals surface area contributed by atoms with Crippen LogP contribution < -0.4 is 10.1 Å². The number of rotatable bonds is 6. The number of halogens is 1. The molecule has 0 atom stereocenters. The zero-order chi connectivity index (χ0) is 18.6. The van der Waals surface area contributed by atoms with Crippen molar-refractivity contribution in [2.45, 2.75) is 33.8 Å². The van der Waals surface area contributed by atoms with E-state index in [1.165, 1.54) is 11.3 Å². The molecule has 0 saturated carbocycles. The summed E-state index contributed by atoms with van der Waals surface area (Å²) in [6, 6.07) is 6.72. The van der Waals surface area contributed by atoms with Crippen LogP contribution in [0, 0.1) is 13.8 Å². The topological polar surface area (TPSA) is 64.6 Å². The molecular formula is C18H20ClNO4S. The Labute approximate surface area is 155 Å². The van der Waals surface area contributed by atoms with Gasteiger partial charge in [-0.05, 0) is 57.5 Å². The summed E-state index contributed by atoms with van der Waals surface area (Å²) in [6.07, 6.45) is -0.233. The quantitative estimate of drug-likeness (QED) is 0.742. The third-order valence-corrected chi connectivity index (χ3v) is 4.74. The van der Waals surface area contributed by atoms with E-state index in [9.17, 15) is 9.59 Å². The van der Waals surface area contributed by atoms with Crippen molar-refractivity contribution in [1.29, 1.82) is 0 Å². The Morgan fingerprint density at radius 2 is 1.84 bits per heavy atom. The van der Waals surface area contributed by atoms with Crippen molar-refractivity contribution in [2.24, 2.45) is 0 Å². The molecule has 0 aliphatic carbocycles. The molecule has 0 aliphatic heterocycles. The average Bonchev–Trinajstić information content (AvgIpc) is 2.80. The first-order chi connectivity index (χ1) is 11.8. The zero-order valence-corrected chi connectivity index (χ0v) is 16.1. The normalized spacial score (nSPS) is 10.6. The summed E-state index contributed by atoms with van der Waals surface area (Å²) < 4.78 is 10.7. The summed E-state index contributed by atoms with van der Waals surface area (Å²) in [4.78, 5) is 25.4. The fraction of sp³-hybridized carbons (Fsp3) is 0.333. The maximum Gasteiger partial charge on any atom is 0.341 e. The van der Waals surface area contributed by atoms with Crippen LogP contribution in [0.5, 0.6) is 5.75 Å². The Kier molecular flexibility index (Phi) is 6.45. The number of aryl methyl sites for hydroxylation is 1. The first-order valence-corrected chi connectivity index (χ1v) is 8.96. The fourth-order valence-electron chi connectivity index (χ4n) is 2.08. The van der Waals surface area contributed by atoms with E-state index in [1.807, 2.05) is 13.8 Å². The SMILES string of the molecule is Cc1sc(NC(=O)COc2ccc(Cl)cc2)c(C(=O)OC(C)C)c1C. The van der Waals surface area contributed by atoms with E-state index in [1.54, 1.807) is 38.1 Å². The summed E-state index contributed by atoms with van der Waals surface area (Å²) in [5.74, 6) is -0.252. The third-order valence-electron chi connectivity index (χ3n) is 3.37. The number of esters is 1. The molecule has 25 heavy (non-hydrogen) atoms. The second-order valence-electron chi connectivity index (χ2n) is 5.73. The van der Waals surface area contributed by atoms with Gasteiger partial charge in [-0.25, -0.2) is 4.79 Å². The van der Waals surface area contributed by atoms with Crippen LogP contribution in [0.2, 0.25) is 5.02 Å². The van der Waals surface area contributed by atoms with Crippen LogP contribution in [-0.4, -0.2) is 24.6 Å². The minimum atomic E-state index is -0.439. The fourth-order valence-corrected chi connectivity index (χ4v) is 3.27. The van der Waals surface area contributed by atoms with Gasteiger partial charge >= 0.3 is 5.97 Å². The van der Waals surface area contributed by atoms with Gasteiger partial charge in [0.25, 0.3) is 5.91 Å². The van der Waals surface area contributed by atoms with Crippen LogP contribution in [0.3, 0.4) is 0 Å². The molecule has 7 heteroatoms. The summed E-state index contributed by atoms with van der Waals surface area (Å²) in [7, 11) is 0. The van der Waals surface area contributed by atoms with Crippen molar-refractivity contribution in [2.75, 3.05) is 11.9 Å². The Bertz CT molecular complexity index is 768. The van der Waals surface area contributed by atoms with Crippen LogP contribution in [0.25, 0.3) is 0 Å². The van der Waals surface area contributed by atoms with Gasteiger partial charge < -0.3 is 14.8 Å². The summed E-state index contributed by atoms with van der Waals surface area (Å²) in [6.45, 7) is 7.13. The van der Waals surface area contributed by atoms with Crippen LogP contribution in [0.15, 0.2) is 24.3 Å². The molecule has 5 nitrogen and oxygen atoms in total. The number of benzene rings is 1. The molecule has 134 valence electrons. The van der Waals surface area contributed by atoms with Crippen molar-refractivity contribution in [3.8, 4) is 5.75 Å². The molecule has 0 saturated heterocycles. The lowest BCUT2D eigenvalue weighted by molar-refractivity contribution is -0.118. The highest BCUT2D eigenvalue weighted by molar-refractivity contribution is 7.16. The standard InChI is InChI=1S/C18H20ClNO4S/c1-10(2)24-18(22)16-11(3)12(4)25-17(16)20-15(21)9-23-14-7-5-13(19)6-8-14/h5-8,10H,9H2,1-4H3,(H,20,21). The van der Waals surface area contributed by atoms with Crippen LogP contribution in [-0.2, 0) is 9.53 Å². The average molecular weight is 382 g/mol. The Morgan fingerprint density at radius 1 is 1.20 bits per heavy atom. The van der Waals surface area contributed by atoms with Gasteiger partial charge in [-0.1, -0.05) is 11.6 Å². The Morgan fingerprint density at radius 3 is 2.44 bits per heavy atom. The summed E-state index contributed by atoms with van der Waals surface area (Å²) in [5.41, 5.74) is 1.21. The largest absolute Gasteiger partial charge is 0.484 e. The monoisotopic (exact) mass is 381 g/mol. The maximum atomic E-state index is 12.3. The highest BCUT2D eigenvalue weighted by Crippen LogP contribution is 2.33. The van der Waals surface area contributed by atoms with Gasteiger partial charge in [0.15, 0.2) is 6.61 Å². The number of hydrogen-bond donors (Lipinski definition) is 1. The van der Waals surface area contributed by atoms with Crippen LogP contribution in [0.4, 0.5) is 5.00 Å². The molecule has 0 fully saturated rings. The first-order valence-electron chi connectivity index (χ1n) is 7.77. The summed E-state index contributed by atoms with van der Waals surface area (Å²) in [5, 5.41) is 3.81. The third kappa shape index (κ3) is 5.21. The molecule has 2 aromatic rings. The van der Waals surface area contributed by atoms with Gasteiger partial charge in [0.1, 0.15) is 10.8 Å². The molecule has 0 unspecified atom stereocenters. The molecule has 0 aliphatic rings. The van der Waals surface area contributed by atoms with E-state index >= 15 is 0 Å². The van der Waals surface area contributed by atoms with Crippen LogP contribution >= 0.6 is 22.9 Å². The highest BCUT2D eigenvalue weighted by atomic mass is 35.5. The molecule has 1 amide bonds.